The van der Waals surface area contributed by atoms with E-state index >= 15 is 0 Å². The minimum atomic E-state index is -3.42. The van der Waals surface area contributed by atoms with E-state index in [2.05, 4.69) is 4.98 Å². The zero-order valence-corrected chi connectivity index (χ0v) is 20.0. The zero-order chi connectivity index (χ0) is 24.2. The summed E-state index contributed by atoms with van der Waals surface area (Å²) in [6.07, 6.45) is 1.19. The number of anilines is 2. The van der Waals surface area contributed by atoms with Crippen LogP contribution in [-0.4, -0.2) is 48.0 Å². The average Bonchev–Trinajstić information content (AvgIpc) is 2.80. The van der Waals surface area contributed by atoms with Gasteiger partial charge in [-0.15, -0.1) is 0 Å². The predicted octanol–water partition coefficient (Wildman–Crippen LogP) is 3.65. The van der Waals surface area contributed by atoms with E-state index in [0.29, 0.717) is 25.9 Å². The number of ether oxygens (including phenoxy) is 1. The van der Waals surface area contributed by atoms with Gasteiger partial charge in [-0.3, -0.25) is 14.9 Å². The van der Waals surface area contributed by atoms with Crippen molar-refractivity contribution in [1.82, 2.24) is 4.98 Å². The molecule has 0 bridgehead atoms. The van der Waals surface area contributed by atoms with Crippen LogP contribution in [0.5, 0.6) is 11.6 Å². The Morgan fingerprint density at radius 1 is 1.27 bits per heavy atom. The highest BCUT2D eigenvalue weighted by molar-refractivity contribution is 8.13. The van der Waals surface area contributed by atoms with Gasteiger partial charge in [0, 0.05) is 31.1 Å². The molecule has 0 radical (unpaired) electrons. The number of nitrogen functional groups attached to an aromatic ring is 1. The number of piperidine rings is 1. The summed E-state index contributed by atoms with van der Waals surface area (Å²) in [6, 6.07) is 6.83. The van der Waals surface area contributed by atoms with Crippen LogP contribution in [0.4, 0.5) is 17.2 Å². The van der Waals surface area contributed by atoms with Crippen LogP contribution in [0.15, 0.2) is 35.2 Å². The van der Waals surface area contributed by atoms with E-state index < -0.39 is 14.8 Å². The van der Waals surface area contributed by atoms with Crippen molar-refractivity contribution in [2.75, 3.05) is 35.2 Å². The summed E-state index contributed by atoms with van der Waals surface area (Å²) in [5.74, 6) is 1.04. The number of nitrogens with two attached hydrogens (primary N) is 1. The lowest BCUT2D eigenvalue weighted by molar-refractivity contribution is -0.384. The van der Waals surface area contributed by atoms with E-state index in [1.807, 2.05) is 6.92 Å². The normalized spacial score (nSPS) is 14.8. The molecule has 0 aliphatic carbocycles. The Morgan fingerprint density at radius 2 is 1.97 bits per heavy atom. The van der Waals surface area contributed by atoms with Crippen molar-refractivity contribution >= 4 is 43.9 Å². The van der Waals surface area contributed by atoms with Crippen LogP contribution >= 0.6 is 11.8 Å². The highest BCUT2D eigenvalue weighted by atomic mass is 32.2. The zero-order valence-electron chi connectivity index (χ0n) is 18.4. The Bertz CT molecular complexity index is 1150. The van der Waals surface area contributed by atoms with Gasteiger partial charge in [-0.1, -0.05) is 25.6 Å². The van der Waals surface area contributed by atoms with Crippen molar-refractivity contribution in [3.8, 4) is 11.6 Å². The number of aromatic nitrogens is 1. The van der Waals surface area contributed by atoms with E-state index in [1.54, 1.807) is 11.8 Å². The number of carbonyl (C=O) groups is 1. The molecule has 0 atom stereocenters. The molecule has 2 heterocycles. The maximum atomic E-state index is 12.2. The van der Waals surface area contributed by atoms with Gasteiger partial charge in [0.2, 0.25) is 11.7 Å². The molecule has 10 nitrogen and oxygen atoms in total. The minimum Gasteiger partial charge on any atom is -0.437 e. The maximum absolute atomic E-state index is 12.2. The van der Waals surface area contributed by atoms with E-state index in [-0.39, 0.29) is 50.5 Å². The number of rotatable bonds is 8. The molecule has 0 saturated carbocycles. The van der Waals surface area contributed by atoms with Gasteiger partial charge in [-0.2, -0.15) is 4.98 Å². The summed E-state index contributed by atoms with van der Waals surface area (Å²) in [7, 11) is -3.42. The molecule has 178 valence electrons. The molecule has 1 saturated heterocycles. The van der Waals surface area contributed by atoms with Crippen molar-refractivity contribution in [3.05, 3.63) is 40.4 Å². The monoisotopic (exact) mass is 494 g/mol. The largest absolute Gasteiger partial charge is 0.437 e. The van der Waals surface area contributed by atoms with Crippen molar-refractivity contribution in [3.63, 3.8) is 0 Å². The van der Waals surface area contributed by atoms with Crippen LogP contribution in [0.1, 0.15) is 26.7 Å². The van der Waals surface area contributed by atoms with Gasteiger partial charge in [-0.25, -0.2) is 8.42 Å². The molecule has 1 aliphatic heterocycles. The van der Waals surface area contributed by atoms with Gasteiger partial charge < -0.3 is 15.4 Å². The van der Waals surface area contributed by atoms with Crippen LogP contribution in [0, 0.1) is 16.0 Å². The lowest BCUT2D eigenvalue weighted by atomic mass is 9.98. The Labute approximate surface area is 196 Å². The standard InChI is InChI=1S/C21H26N4O6S2/c1-3-32-21(26)14-9-11-24(12-10-14)20-17(25(27)28)6-8-19(23-20)31-18-7-5-15(13-16(18)22)33(29,30)4-2/h5-8,13-14H,3-4,9-12,22H2,1-2H3. The SMILES string of the molecule is CCSC(=O)C1CCN(c2nc(Oc3ccc(S(=O)(=O)CC)cc3N)ccc2[N+](=O)[O-])CC1. The van der Waals surface area contributed by atoms with Gasteiger partial charge in [0.1, 0.15) is 0 Å². The number of benzene rings is 1. The van der Waals surface area contributed by atoms with Crippen LogP contribution < -0.4 is 15.4 Å². The highest BCUT2D eigenvalue weighted by Gasteiger charge is 2.30. The van der Waals surface area contributed by atoms with Gasteiger partial charge in [0.25, 0.3) is 0 Å². The third-order valence-electron chi connectivity index (χ3n) is 5.38. The fourth-order valence-corrected chi connectivity index (χ4v) is 5.21. The summed E-state index contributed by atoms with van der Waals surface area (Å²) in [6.45, 7) is 4.40. The number of sulfone groups is 1. The number of hydrogen-bond acceptors (Lipinski definition) is 10. The van der Waals surface area contributed by atoms with Crippen LogP contribution in [0.2, 0.25) is 0 Å². The number of thioether (sulfide) groups is 1. The fraction of sp³-hybridized carbons (Fsp3) is 0.429. The smallest absolute Gasteiger partial charge is 0.311 e. The first-order valence-electron chi connectivity index (χ1n) is 10.5. The summed E-state index contributed by atoms with van der Waals surface area (Å²) >= 11 is 1.30. The summed E-state index contributed by atoms with van der Waals surface area (Å²) in [5, 5.41) is 11.7. The number of hydrogen-bond donors (Lipinski definition) is 1. The number of pyridine rings is 1. The average molecular weight is 495 g/mol. The molecule has 0 unspecified atom stereocenters. The lowest BCUT2D eigenvalue weighted by Crippen LogP contribution is -2.36. The Morgan fingerprint density at radius 3 is 2.55 bits per heavy atom. The van der Waals surface area contributed by atoms with E-state index in [9.17, 15) is 23.3 Å². The fourth-order valence-electron chi connectivity index (χ4n) is 3.54. The summed E-state index contributed by atoms with van der Waals surface area (Å²) in [4.78, 5) is 29.4. The predicted molar refractivity (Wildman–Crippen MR) is 128 cm³/mol. The molecule has 3 rings (SSSR count). The molecule has 1 fully saturated rings. The van der Waals surface area contributed by atoms with Crippen molar-refractivity contribution in [2.45, 2.75) is 31.6 Å². The van der Waals surface area contributed by atoms with Gasteiger partial charge in [-0.05, 0) is 36.8 Å². The topological polar surface area (TPSA) is 146 Å². The maximum Gasteiger partial charge on any atom is 0.311 e. The lowest BCUT2D eigenvalue weighted by Gasteiger charge is -2.31. The highest BCUT2D eigenvalue weighted by Crippen LogP contribution is 2.35. The van der Waals surface area contributed by atoms with Crippen molar-refractivity contribution in [2.24, 2.45) is 5.92 Å². The van der Waals surface area contributed by atoms with Crippen molar-refractivity contribution in [1.29, 1.82) is 0 Å². The van der Waals surface area contributed by atoms with E-state index in [1.165, 1.54) is 42.1 Å². The molecular weight excluding hydrogens is 468 g/mol. The molecule has 1 aromatic heterocycles. The molecule has 0 spiro atoms. The Balaban J connectivity index is 1.83. The third-order valence-corrected chi connectivity index (χ3v) is 8.01. The molecule has 1 aromatic carbocycles. The molecular formula is C21H26N4O6S2. The second-order valence-electron chi connectivity index (χ2n) is 7.47. The third kappa shape index (κ3) is 5.74. The number of nitro groups is 1. The molecule has 12 heteroatoms. The Kier molecular flexibility index (Phi) is 7.80. The van der Waals surface area contributed by atoms with E-state index in [4.69, 9.17) is 10.5 Å². The van der Waals surface area contributed by atoms with Crippen LogP contribution in [0.25, 0.3) is 0 Å². The second kappa shape index (κ2) is 10.4. The second-order valence-corrected chi connectivity index (χ2v) is 11.0. The molecule has 1 aliphatic rings. The molecule has 0 amide bonds. The summed E-state index contributed by atoms with van der Waals surface area (Å²) in [5.41, 5.74) is 5.93. The number of nitrogens with zero attached hydrogens (tertiary/aromatic N) is 3. The van der Waals surface area contributed by atoms with E-state index in [0.717, 1.165) is 5.75 Å². The minimum absolute atomic E-state index is 0.0562. The molecule has 2 aromatic rings. The van der Waals surface area contributed by atoms with Crippen molar-refractivity contribution < 1.29 is 22.9 Å². The van der Waals surface area contributed by atoms with Gasteiger partial charge in [0.05, 0.1) is 21.3 Å². The quantitative estimate of drug-likeness (QED) is 0.328. The van der Waals surface area contributed by atoms with Crippen LogP contribution in [-0.2, 0) is 14.6 Å². The Hall–Kier alpha value is -2.86. The summed E-state index contributed by atoms with van der Waals surface area (Å²) < 4.78 is 29.8. The molecule has 2 N–H and O–H groups in total. The number of carbonyl (C=O) groups excluding carboxylic acids is 1. The molecule has 33 heavy (non-hydrogen) atoms. The first kappa shape index (κ1) is 24.8. The van der Waals surface area contributed by atoms with Gasteiger partial charge >= 0.3 is 5.69 Å². The first-order valence-corrected chi connectivity index (χ1v) is 13.2. The van der Waals surface area contributed by atoms with Gasteiger partial charge in [0.15, 0.2) is 20.7 Å². The van der Waals surface area contributed by atoms with Crippen LogP contribution in [0.3, 0.4) is 0 Å². The first-order chi connectivity index (χ1) is 15.7.